The Morgan fingerprint density at radius 2 is 1.90 bits per heavy atom. The van der Waals surface area contributed by atoms with Gasteiger partial charge in [-0.15, -0.1) is 0 Å². The number of pyridine rings is 1. The van der Waals surface area contributed by atoms with Crippen LogP contribution in [0.1, 0.15) is 5.56 Å². The summed E-state index contributed by atoms with van der Waals surface area (Å²) < 4.78 is 5.29. The van der Waals surface area contributed by atoms with Crippen molar-refractivity contribution >= 4 is 11.5 Å². The third-order valence-corrected chi connectivity index (χ3v) is 2.44. The zero-order chi connectivity index (χ0) is 14.5. The van der Waals surface area contributed by atoms with E-state index < -0.39 is 15.7 Å². The summed E-state index contributed by atoms with van der Waals surface area (Å²) in [5.41, 5.74) is 0.476. The van der Waals surface area contributed by atoms with Gasteiger partial charge in [-0.3, -0.25) is 10.1 Å². The number of nitro benzene ring substituents is 1. The van der Waals surface area contributed by atoms with Crippen LogP contribution in [0.15, 0.2) is 42.6 Å². The first-order valence-corrected chi connectivity index (χ1v) is 5.53. The molecule has 8 nitrogen and oxygen atoms in total. The number of benzene rings is 1. The van der Waals surface area contributed by atoms with E-state index in [2.05, 4.69) is 4.98 Å². The minimum atomic E-state index is -0.650. The smallest absolute Gasteiger partial charge is 0.406 e. The number of ether oxygens (including phenoxy) is 1. The second-order valence-electron chi connectivity index (χ2n) is 3.80. The lowest BCUT2D eigenvalue weighted by Crippen LogP contribution is -2.01. The minimum Gasteiger partial charge on any atom is -0.481 e. The van der Waals surface area contributed by atoms with Crippen molar-refractivity contribution in [2.24, 2.45) is 0 Å². The quantitative estimate of drug-likeness (QED) is 0.612. The van der Waals surface area contributed by atoms with Crippen molar-refractivity contribution in [2.75, 3.05) is 0 Å². The van der Waals surface area contributed by atoms with Crippen LogP contribution in [0, 0.1) is 20.2 Å². The van der Waals surface area contributed by atoms with Crippen LogP contribution in [0.5, 0.6) is 5.75 Å². The summed E-state index contributed by atoms with van der Waals surface area (Å²) in [5.74, 6) is -0.373. The number of nitrogens with zero attached hydrogens (tertiary/aromatic N) is 3. The van der Waals surface area contributed by atoms with Crippen LogP contribution in [-0.4, -0.2) is 14.8 Å². The maximum Gasteiger partial charge on any atom is 0.406 e. The highest BCUT2D eigenvalue weighted by Gasteiger charge is 2.15. The summed E-state index contributed by atoms with van der Waals surface area (Å²) in [6.45, 7) is -0.0196. The van der Waals surface area contributed by atoms with Gasteiger partial charge in [0.1, 0.15) is 12.8 Å². The molecule has 2 rings (SSSR count). The lowest BCUT2D eigenvalue weighted by molar-refractivity contribution is -0.390. The zero-order valence-electron chi connectivity index (χ0n) is 10.1. The molecule has 20 heavy (non-hydrogen) atoms. The molecule has 102 valence electrons. The molecule has 0 fully saturated rings. The predicted octanol–water partition coefficient (Wildman–Crippen LogP) is 2.48. The first-order chi connectivity index (χ1) is 9.58. The molecule has 0 aliphatic rings. The van der Waals surface area contributed by atoms with Gasteiger partial charge in [-0.05, 0) is 27.6 Å². The molecular weight excluding hydrogens is 266 g/mol. The second-order valence-corrected chi connectivity index (χ2v) is 3.80. The fraction of sp³-hybridized carbons (Fsp3) is 0.0833. The van der Waals surface area contributed by atoms with E-state index in [1.807, 2.05) is 0 Å². The Morgan fingerprint density at radius 1 is 1.10 bits per heavy atom. The molecule has 0 radical (unpaired) electrons. The fourth-order valence-electron chi connectivity index (χ4n) is 1.55. The van der Waals surface area contributed by atoms with E-state index in [4.69, 9.17) is 4.74 Å². The third-order valence-electron chi connectivity index (χ3n) is 2.44. The number of hydrogen-bond donors (Lipinski definition) is 0. The molecule has 0 unspecified atom stereocenters. The van der Waals surface area contributed by atoms with Gasteiger partial charge in [0, 0.05) is 12.1 Å². The molecule has 1 aromatic carbocycles. The van der Waals surface area contributed by atoms with Crippen LogP contribution in [0.4, 0.5) is 11.5 Å². The summed E-state index contributed by atoms with van der Waals surface area (Å²) in [6.07, 6.45) is 1.29. The van der Waals surface area contributed by atoms with Crippen molar-refractivity contribution in [2.45, 2.75) is 6.61 Å². The number of non-ortho nitro benzene ring substituents is 1. The molecule has 0 atom stereocenters. The van der Waals surface area contributed by atoms with Crippen molar-refractivity contribution in [3.8, 4) is 5.75 Å². The van der Waals surface area contributed by atoms with Crippen molar-refractivity contribution in [1.29, 1.82) is 0 Å². The molecule has 2 aromatic rings. The van der Waals surface area contributed by atoms with Crippen LogP contribution >= 0.6 is 0 Å². The van der Waals surface area contributed by atoms with Crippen molar-refractivity contribution < 1.29 is 14.6 Å². The van der Waals surface area contributed by atoms with Crippen LogP contribution in [-0.2, 0) is 6.61 Å². The SMILES string of the molecule is O=[N+]([O-])c1cccc(COc2cccnc2[N+](=O)[O-])c1. The van der Waals surface area contributed by atoms with Gasteiger partial charge in [0.25, 0.3) is 5.69 Å². The first kappa shape index (κ1) is 13.4. The average Bonchev–Trinajstić information content (AvgIpc) is 2.45. The van der Waals surface area contributed by atoms with Gasteiger partial charge in [0.2, 0.25) is 5.75 Å². The maximum atomic E-state index is 10.8. The van der Waals surface area contributed by atoms with Gasteiger partial charge in [0.05, 0.1) is 4.92 Å². The Morgan fingerprint density at radius 3 is 2.60 bits per heavy atom. The van der Waals surface area contributed by atoms with Gasteiger partial charge >= 0.3 is 5.82 Å². The minimum absolute atomic E-state index is 0.0176. The molecule has 0 bridgehead atoms. The molecule has 1 aromatic heterocycles. The number of nitro groups is 2. The fourth-order valence-corrected chi connectivity index (χ4v) is 1.55. The third kappa shape index (κ3) is 3.05. The highest BCUT2D eigenvalue weighted by molar-refractivity contribution is 5.39. The molecule has 0 aliphatic heterocycles. The van der Waals surface area contributed by atoms with Gasteiger partial charge in [-0.1, -0.05) is 12.1 Å². The Kier molecular flexibility index (Phi) is 3.85. The Labute approximate surface area is 112 Å². The van der Waals surface area contributed by atoms with E-state index in [1.165, 1.54) is 36.5 Å². The van der Waals surface area contributed by atoms with Crippen molar-refractivity contribution in [3.05, 3.63) is 68.4 Å². The summed E-state index contributed by atoms with van der Waals surface area (Å²) in [5, 5.41) is 21.4. The molecule has 0 N–H and O–H groups in total. The predicted molar refractivity (Wildman–Crippen MR) is 68.3 cm³/mol. The number of hydrogen-bond acceptors (Lipinski definition) is 6. The van der Waals surface area contributed by atoms with Gasteiger partial charge in [-0.25, -0.2) is 0 Å². The average molecular weight is 275 g/mol. The van der Waals surface area contributed by atoms with E-state index in [0.717, 1.165) is 0 Å². The van der Waals surface area contributed by atoms with E-state index in [0.29, 0.717) is 5.56 Å². The van der Waals surface area contributed by atoms with Gasteiger partial charge in [-0.2, -0.15) is 0 Å². The Hall–Kier alpha value is -3.03. The van der Waals surface area contributed by atoms with Crippen LogP contribution < -0.4 is 4.74 Å². The van der Waals surface area contributed by atoms with E-state index >= 15 is 0 Å². The number of rotatable bonds is 5. The Balaban J connectivity index is 2.15. The normalized spacial score (nSPS) is 10.0. The molecule has 0 saturated heterocycles. The topological polar surface area (TPSA) is 108 Å². The Bertz CT molecular complexity index is 659. The standard InChI is InChI=1S/C12H9N3O5/c16-14(17)10-4-1-3-9(7-10)8-20-11-5-2-6-13-12(11)15(18)19/h1-7H,8H2. The second kappa shape index (κ2) is 5.74. The summed E-state index contributed by atoms with van der Waals surface area (Å²) >= 11 is 0. The highest BCUT2D eigenvalue weighted by atomic mass is 16.6. The molecule has 0 spiro atoms. The molecule has 0 saturated carbocycles. The highest BCUT2D eigenvalue weighted by Crippen LogP contribution is 2.24. The largest absolute Gasteiger partial charge is 0.481 e. The monoisotopic (exact) mass is 275 g/mol. The maximum absolute atomic E-state index is 10.8. The number of aromatic nitrogens is 1. The van der Waals surface area contributed by atoms with Crippen LogP contribution in [0.2, 0.25) is 0 Å². The van der Waals surface area contributed by atoms with E-state index in [-0.39, 0.29) is 18.0 Å². The van der Waals surface area contributed by atoms with Crippen molar-refractivity contribution in [3.63, 3.8) is 0 Å². The van der Waals surface area contributed by atoms with E-state index in [9.17, 15) is 20.2 Å². The molecule has 8 heteroatoms. The molecular formula is C12H9N3O5. The van der Waals surface area contributed by atoms with Crippen molar-refractivity contribution in [1.82, 2.24) is 4.98 Å². The summed E-state index contributed by atoms with van der Waals surface area (Å²) in [7, 11) is 0. The lowest BCUT2D eigenvalue weighted by atomic mass is 10.2. The molecule has 0 amide bonds. The van der Waals surface area contributed by atoms with Gasteiger partial charge < -0.3 is 14.9 Å². The first-order valence-electron chi connectivity index (χ1n) is 5.53. The van der Waals surface area contributed by atoms with Gasteiger partial charge in [0.15, 0.2) is 0 Å². The zero-order valence-corrected chi connectivity index (χ0v) is 10.1. The summed E-state index contributed by atoms with van der Waals surface area (Å²) in [6, 6.07) is 8.79. The molecule has 1 heterocycles. The lowest BCUT2D eigenvalue weighted by Gasteiger charge is -2.05. The summed E-state index contributed by atoms with van der Waals surface area (Å²) in [4.78, 5) is 23.8. The van der Waals surface area contributed by atoms with E-state index in [1.54, 1.807) is 6.07 Å². The molecule has 0 aliphatic carbocycles. The van der Waals surface area contributed by atoms with Crippen LogP contribution in [0.25, 0.3) is 0 Å². The van der Waals surface area contributed by atoms with Crippen LogP contribution in [0.3, 0.4) is 0 Å².